The van der Waals surface area contributed by atoms with Gasteiger partial charge in [-0.2, -0.15) is 0 Å². The molecule has 0 aromatic heterocycles. The highest BCUT2D eigenvalue weighted by Gasteiger charge is 2.60. The highest BCUT2D eigenvalue weighted by atomic mass is 14.6. The van der Waals surface area contributed by atoms with Gasteiger partial charge in [0.15, 0.2) is 0 Å². The van der Waals surface area contributed by atoms with Crippen molar-refractivity contribution in [3.63, 3.8) is 0 Å². The molecule has 0 aromatic carbocycles. The van der Waals surface area contributed by atoms with Gasteiger partial charge in [-0.15, -0.1) is 0 Å². The summed E-state index contributed by atoms with van der Waals surface area (Å²) in [6, 6.07) is 0. The molecule has 0 heteroatoms. The molecule has 0 N–H and O–H groups in total. The SMILES string of the molecule is CC1(C)CC(C(C)(C)C)(C(C)(C)C)C1.CC1CC(C(C)(C)C)(C(C)(C)C)C1. The lowest BCUT2D eigenvalue weighted by Crippen LogP contribution is -2.58. The molecule has 2 aliphatic carbocycles. The zero-order chi connectivity index (χ0) is 21.9. The lowest BCUT2D eigenvalue weighted by molar-refractivity contribution is -0.169. The predicted octanol–water partition coefficient (Wildman–Crippen LogP) is 9.38. The van der Waals surface area contributed by atoms with Crippen LogP contribution in [0.3, 0.4) is 0 Å². The van der Waals surface area contributed by atoms with Crippen molar-refractivity contribution in [3.8, 4) is 0 Å². The molecule has 0 unspecified atom stereocenters. The molecule has 0 aliphatic heterocycles. The van der Waals surface area contributed by atoms with E-state index in [1.54, 1.807) is 0 Å². The summed E-state index contributed by atoms with van der Waals surface area (Å²) in [7, 11) is 0. The van der Waals surface area contributed by atoms with Crippen molar-refractivity contribution >= 4 is 0 Å². The van der Waals surface area contributed by atoms with Gasteiger partial charge in [-0.05, 0) is 69.5 Å². The second-order valence-electron chi connectivity index (χ2n) is 15.2. The molecule has 2 saturated carbocycles. The Kier molecular flexibility index (Phi) is 6.28. The van der Waals surface area contributed by atoms with Gasteiger partial charge in [0.05, 0.1) is 0 Å². The third kappa shape index (κ3) is 4.45. The van der Waals surface area contributed by atoms with Crippen molar-refractivity contribution < 1.29 is 0 Å². The molecule has 2 fully saturated rings. The third-order valence-corrected chi connectivity index (χ3v) is 8.70. The fraction of sp³-hybridized carbons (Fsp3) is 1.00. The van der Waals surface area contributed by atoms with Crippen LogP contribution in [0.25, 0.3) is 0 Å². The first-order valence-electron chi connectivity index (χ1n) is 11.5. The van der Waals surface area contributed by atoms with Gasteiger partial charge in [0.2, 0.25) is 0 Å². The number of hydrogen-bond donors (Lipinski definition) is 0. The summed E-state index contributed by atoms with van der Waals surface area (Å²) >= 11 is 0. The second kappa shape index (κ2) is 6.77. The van der Waals surface area contributed by atoms with Gasteiger partial charge in [0.25, 0.3) is 0 Å². The van der Waals surface area contributed by atoms with Crippen molar-refractivity contribution in [1.82, 2.24) is 0 Å². The van der Waals surface area contributed by atoms with Crippen LogP contribution < -0.4 is 0 Å². The Morgan fingerprint density at radius 1 is 0.519 bits per heavy atom. The van der Waals surface area contributed by atoms with Crippen LogP contribution in [0.4, 0.5) is 0 Å². The summed E-state index contributed by atoms with van der Waals surface area (Å²) in [5.74, 6) is 0.943. The van der Waals surface area contributed by atoms with Crippen molar-refractivity contribution in [2.75, 3.05) is 0 Å². The Bertz CT molecular complexity index is 458. The molecule has 0 atom stereocenters. The first kappa shape index (κ1) is 25.0. The summed E-state index contributed by atoms with van der Waals surface area (Å²) in [6.07, 6.45) is 5.60. The molecule has 0 heterocycles. The molecule has 0 spiro atoms. The first-order chi connectivity index (χ1) is 11.5. The molecule has 0 aromatic rings. The molecule has 0 bridgehead atoms. The maximum atomic E-state index is 2.41. The Labute approximate surface area is 173 Å². The molecule has 0 radical (unpaired) electrons. The van der Waals surface area contributed by atoms with Gasteiger partial charge in [-0.25, -0.2) is 0 Å². The Morgan fingerprint density at radius 3 is 0.852 bits per heavy atom. The lowest BCUT2D eigenvalue weighted by atomic mass is 9.38. The summed E-state index contributed by atoms with van der Waals surface area (Å²) < 4.78 is 0. The number of rotatable bonds is 0. The van der Waals surface area contributed by atoms with Crippen LogP contribution in [0.1, 0.15) is 130 Å². The van der Waals surface area contributed by atoms with Gasteiger partial charge >= 0.3 is 0 Å². The molecule has 0 nitrogen and oxygen atoms in total. The van der Waals surface area contributed by atoms with E-state index in [4.69, 9.17) is 0 Å². The van der Waals surface area contributed by atoms with E-state index in [0.717, 1.165) is 5.92 Å². The average molecular weight is 379 g/mol. The Balaban J connectivity index is 0.000000271. The van der Waals surface area contributed by atoms with Crippen LogP contribution in [0, 0.1) is 43.8 Å². The van der Waals surface area contributed by atoms with Crippen molar-refractivity contribution in [3.05, 3.63) is 0 Å². The maximum Gasteiger partial charge on any atom is -0.0190 e. The molecule has 0 amide bonds. The summed E-state index contributed by atoms with van der Waals surface area (Å²) in [5, 5.41) is 0. The number of hydrogen-bond acceptors (Lipinski definition) is 0. The minimum atomic E-state index is 0.431. The highest BCUT2D eigenvalue weighted by molar-refractivity contribution is 5.10. The molecule has 162 valence electrons. The first-order valence-corrected chi connectivity index (χ1v) is 11.5. The third-order valence-electron chi connectivity index (χ3n) is 8.70. The zero-order valence-electron chi connectivity index (χ0n) is 21.9. The van der Waals surface area contributed by atoms with E-state index in [1.165, 1.54) is 25.7 Å². The smallest absolute Gasteiger partial charge is 0.0190 e. The quantitative estimate of drug-likeness (QED) is 0.393. The summed E-state index contributed by atoms with van der Waals surface area (Å²) in [6.45, 7) is 36.1. The monoisotopic (exact) mass is 378 g/mol. The van der Waals surface area contributed by atoms with Gasteiger partial charge < -0.3 is 0 Å². The van der Waals surface area contributed by atoms with Gasteiger partial charge in [0, 0.05) is 0 Å². The van der Waals surface area contributed by atoms with E-state index in [0.29, 0.717) is 37.9 Å². The van der Waals surface area contributed by atoms with Crippen LogP contribution in [-0.2, 0) is 0 Å². The Hall–Kier alpha value is 0. The highest BCUT2D eigenvalue weighted by Crippen LogP contribution is 2.69. The topological polar surface area (TPSA) is 0 Å². The minimum absolute atomic E-state index is 0.431. The van der Waals surface area contributed by atoms with Gasteiger partial charge in [-0.1, -0.05) is 104 Å². The van der Waals surface area contributed by atoms with Crippen LogP contribution in [0.5, 0.6) is 0 Å². The van der Waals surface area contributed by atoms with Crippen LogP contribution in [0.15, 0.2) is 0 Å². The van der Waals surface area contributed by atoms with Gasteiger partial charge in [0.1, 0.15) is 0 Å². The lowest BCUT2D eigenvalue weighted by Gasteiger charge is -2.66. The molecular formula is C27H54. The molecule has 27 heavy (non-hydrogen) atoms. The minimum Gasteiger partial charge on any atom is -0.0625 e. The van der Waals surface area contributed by atoms with Gasteiger partial charge in [-0.3, -0.25) is 0 Å². The molecule has 0 saturated heterocycles. The van der Waals surface area contributed by atoms with E-state index >= 15 is 0 Å². The Morgan fingerprint density at radius 2 is 0.778 bits per heavy atom. The average Bonchev–Trinajstić information content (AvgIpc) is 2.26. The van der Waals surface area contributed by atoms with Crippen LogP contribution >= 0.6 is 0 Å². The molecular weight excluding hydrogens is 324 g/mol. The second-order valence-corrected chi connectivity index (χ2v) is 15.2. The normalized spacial score (nSPS) is 25.0. The molecule has 2 aliphatic rings. The van der Waals surface area contributed by atoms with Crippen LogP contribution in [0.2, 0.25) is 0 Å². The predicted molar refractivity (Wildman–Crippen MR) is 124 cm³/mol. The standard InChI is InChI=1S/C14H28.C13H26/c1-11(2,3)14(12(4,5)6)9-13(7,8)10-14;1-10-8-13(9-10,11(2,3)4)12(5,6)7/h9-10H2,1-8H3;10H,8-9H2,1-7H3. The fourth-order valence-corrected chi connectivity index (χ4v) is 7.25. The van der Waals surface area contributed by atoms with Crippen LogP contribution in [-0.4, -0.2) is 0 Å². The van der Waals surface area contributed by atoms with E-state index in [2.05, 4.69) is 104 Å². The maximum absolute atomic E-state index is 2.41. The van der Waals surface area contributed by atoms with Crippen molar-refractivity contribution in [2.24, 2.45) is 43.8 Å². The summed E-state index contributed by atoms with van der Waals surface area (Å²) in [4.78, 5) is 0. The fourth-order valence-electron chi connectivity index (χ4n) is 7.25. The largest absolute Gasteiger partial charge is 0.0625 e. The molecule has 2 rings (SSSR count). The van der Waals surface area contributed by atoms with E-state index in [9.17, 15) is 0 Å². The van der Waals surface area contributed by atoms with Crippen molar-refractivity contribution in [1.29, 1.82) is 0 Å². The van der Waals surface area contributed by atoms with E-state index < -0.39 is 0 Å². The van der Waals surface area contributed by atoms with Crippen molar-refractivity contribution in [2.45, 2.75) is 130 Å². The summed E-state index contributed by atoms with van der Waals surface area (Å²) in [5.41, 5.74) is 3.44. The van der Waals surface area contributed by atoms with E-state index in [-0.39, 0.29) is 0 Å². The zero-order valence-corrected chi connectivity index (χ0v) is 21.9. The van der Waals surface area contributed by atoms with E-state index in [1.807, 2.05) is 0 Å².